The number of likely N-dealkylation sites (N-methyl/N-ethyl adjacent to an activating group) is 1. The van der Waals surface area contributed by atoms with Gasteiger partial charge in [0.2, 0.25) is 0 Å². The zero-order chi connectivity index (χ0) is 18.7. The molecule has 26 heavy (non-hydrogen) atoms. The van der Waals surface area contributed by atoms with Crippen molar-refractivity contribution in [1.29, 1.82) is 5.26 Å². The standard InChI is InChI=1S/C21H19N3O2/c1-24(2)21(25)15(13-22)12-17-16-10-7-11-18(26-3)20(16)23-19(17)14-8-5-4-6-9-14/h4-12,23H,1-3H3/b15-12+. The monoisotopic (exact) mass is 345 g/mol. The van der Waals surface area contributed by atoms with E-state index in [9.17, 15) is 10.1 Å². The molecule has 0 saturated heterocycles. The number of nitriles is 1. The molecule has 0 spiro atoms. The third-order valence-electron chi connectivity index (χ3n) is 4.16. The molecule has 3 aromatic rings. The van der Waals surface area contributed by atoms with Crippen LogP contribution in [0.25, 0.3) is 28.2 Å². The van der Waals surface area contributed by atoms with Crippen LogP contribution in [0.15, 0.2) is 54.1 Å². The molecule has 0 radical (unpaired) electrons. The highest BCUT2D eigenvalue weighted by atomic mass is 16.5. The lowest BCUT2D eigenvalue weighted by molar-refractivity contribution is -0.124. The van der Waals surface area contributed by atoms with Crippen LogP contribution in [0.5, 0.6) is 5.75 Å². The average molecular weight is 345 g/mol. The van der Waals surface area contributed by atoms with Gasteiger partial charge in [-0.3, -0.25) is 4.79 Å². The van der Waals surface area contributed by atoms with Gasteiger partial charge in [0.15, 0.2) is 0 Å². The smallest absolute Gasteiger partial charge is 0.264 e. The summed E-state index contributed by atoms with van der Waals surface area (Å²) >= 11 is 0. The number of aromatic nitrogens is 1. The number of ether oxygens (including phenoxy) is 1. The van der Waals surface area contributed by atoms with Gasteiger partial charge < -0.3 is 14.6 Å². The van der Waals surface area contributed by atoms with Crippen molar-refractivity contribution in [1.82, 2.24) is 9.88 Å². The molecule has 0 saturated carbocycles. The Morgan fingerprint density at radius 3 is 2.50 bits per heavy atom. The van der Waals surface area contributed by atoms with Crippen LogP contribution >= 0.6 is 0 Å². The van der Waals surface area contributed by atoms with E-state index in [-0.39, 0.29) is 11.5 Å². The predicted molar refractivity (Wildman–Crippen MR) is 103 cm³/mol. The Kier molecular flexibility index (Phi) is 4.76. The number of amides is 1. The van der Waals surface area contributed by atoms with E-state index in [2.05, 4.69) is 4.98 Å². The Hall–Kier alpha value is -3.52. The number of carbonyl (C=O) groups excluding carboxylic acids is 1. The molecular weight excluding hydrogens is 326 g/mol. The van der Waals surface area contributed by atoms with Gasteiger partial charge in [0.05, 0.1) is 18.3 Å². The van der Waals surface area contributed by atoms with Gasteiger partial charge in [-0.1, -0.05) is 42.5 Å². The van der Waals surface area contributed by atoms with Crippen molar-refractivity contribution in [3.05, 3.63) is 59.7 Å². The first-order valence-electron chi connectivity index (χ1n) is 8.14. The second kappa shape index (κ2) is 7.16. The van der Waals surface area contributed by atoms with Gasteiger partial charge in [-0.25, -0.2) is 0 Å². The number of carbonyl (C=O) groups is 1. The fourth-order valence-corrected chi connectivity index (χ4v) is 2.89. The Morgan fingerprint density at radius 1 is 1.15 bits per heavy atom. The molecule has 1 heterocycles. The Morgan fingerprint density at radius 2 is 1.88 bits per heavy atom. The highest BCUT2D eigenvalue weighted by Gasteiger charge is 2.18. The first-order chi connectivity index (χ1) is 12.6. The predicted octanol–water partition coefficient (Wildman–Crippen LogP) is 3.84. The van der Waals surface area contributed by atoms with Gasteiger partial charge in [-0.2, -0.15) is 5.26 Å². The van der Waals surface area contributed by atoms with E-state index in [4.69, 9.17) is 4.74 Å². The van der Waals surface area contributed by atoms with Crippen molar-refractivity contribution in [2.24, 2.45) is 0 Å². The molecule has 1 aromatic heterocycles. The molecule has 0 aliphatic rings. The van der Waals surface area contributed by atoms with Crippen LogP contribution in [-0.4, -0.2) is 37.0 Å². The normalized spacial score (nSPS) is 11.2. The molecule has 0 atom stereocenters. The number of hydrogen-bond donors (Lipinski definition) is 1. The first kappa shape index (κ1) is 17.3. The van der Waals surface area contributed by atoms with Crippen molar-refractivity contribution >= 4 is 22.9 Å². The number of fused-ring (bicyclic) bond motifs is 1. The summed E-state index contributed by atoms with van der Waals surface area (Å²) in [4.78, 5) is 17.1. The van der Waals surface area contributed by atoms with Crippen LogP contribution in [0.3, 0.4) is 0 Å². The van der Waals surface area contributed by atoms with E-state index in [0.717, 1.165) is 27.7 Å². The molecule has 0 fully saturated rings. The largest absolute Gasteiger partial charge is 0.495 e. The lowest BCUT2D eigenvalue weighted by Crippen LogP contribution is -2.22. The summed E-state index contributed by atoms with van der Waals surface area (Å²) in [5.41, 5.74) is 3.50. The second-order valence-electron chi connectivity index (χ2n) is 6.03. The van der Waals surface area contributed by atoms with Gasteiger partial charge >= 0.3 is 0 Å². The topological polar surface area (TPSA) is 69.1 Å². The zero-order valence-electron chi connectivity index (χ0n) is 14.9. The molecule has 5 nitrogen and oxygen atoms in total. The lowest BCUT2D eigenvalue weighted by Gasteiger charge is -2.09. The van der Waals surface area contributed by atoms with Gasteiger partial charge in [0, 0.05) is 25.0 Å². The van der Waals surface area contributed by atoms with Crippen LogP contribution in [0.4, 0.5) is 0 Å². The van der Waals surface area contributed by atoms with Crippen LogP contribution < -0.4 is 4.74 Å². The summed E-state index contributed by atoms with van der Waals surface area (Å²) in [6, 6.07) is 17.5. The van der Waals surface area contributed by atoms with E-state index in [1.54, 1.807) is 27.3 Å². The summed E-state index contributed by atoms with van der Waals surface area (Å²) < 4.78 is 5.46. The molecule has 2 aromatic carbocycles. The van der Waals surface area contributed by atoms with Crippen molar-refractivity contribution in [3.8, 4) is 23.1 Å². The third kappa shape index (κ3) is 3.05. The fraction of sp³-hybridized carbons (Fsp3) is 0.143. The summed E-state index contributed by atoms with van der Waals surface area (Å²) in [5, 5.41) is 10.4. The molecule has 130 valence electrons. The molecule has 1 N–H and O–H groups in total. The molecule has 0 aliphatic carbocycles. The van der Waals surface area contributed by atoms with E-state index in [0.29, 0.717) is 5.75 Å². The van der Waals surface area contributed by atoms with E-state index < -0.39 is 0 Å². The minimum atomic E-state index is -0.330. The molecule has 0 bridgehead atoms. The highest BCUT2D eigenvalue weighted by Crippen LogP contribution is 2.36. The van der Waals surface area contributed by atoms with Gasteiger partial charge in [-0.05, 0) is 17.7 Å². The summed E-state index contributed by atoms with van der Waals surface area (Å²) in [6.07, 6.45) is 1.64. The molecule has 5 heteroatoms. The van der Waals surface area contributed by atoms with E-state index in [1.165, 1.54) is 4.90 Å². The van der Waals surface area contributed by atoms with Crippen LogP contribution in [0.2, 0.25) is 0 Å². The number of nitrogens with one attached hydrogen (secondary N) is 1. The first-order valence-corrected chi connectivity index (χ1v) is 8.14. The minimum Gasteiger partial charge on any atom is -0.495 e. The number of H-pyrrole nitrogens is 1. The van der Waals surface area contributed by atoms with E-state index >= 15 is 0 Å². The number of rotatable bonds is 4. The Labute approximate surface area is 152 Å². The SMILES string of the molecule is COc1cccc2c(/C=C(\C#N)C(=O)N(C)C)c(-c3ccccc3)[nH]c12. The van der Waals surface area contributed by atoms with Gasteiger partial charge in [0.25, 0.3) is 5.91 Å². The van der Waals surface area contributed by atoms with Crippen LogP contribution in [-0.2, 0) is 4.79 Å². The summed E-state index contributed by atoms with van der Waals surface area (Å²) in [6.45, 7) is 0. The maximum Gasteiger partial charge on any atom is 0.264 e. The fourth-order valence-electron chi connectivity index (χ4n) is 2.89. The highest BCUT2D eigenvalue weighted by molar-refractivity contribution is 6.07. The van der Waals surface area contributed by atoms with Crippen molar-refractivity contribution < 1.29 is 9.53 Å². The molecule has 1 amide bonds. The molecule has 0 aliphatic heterocycles. The average Bonchev–Trinajstić information content (AvgIpc) is 3.04. The number of benzene rings is 2. The Balaban J connectivity index is 2.32. The zero-order valence-corrected chi connectivity index (χ0v) is 14.9. The lowest BCUT2D eigenvalue weighted by atomic mass is 10.0. The molecule has 3 rings (SSSR count). The van der Waals surface area contributed by atoms with Crippen LogP contribution in [0, 0.1) is 11.3 Å². The summed E-state index contributed by atoms with van der Waals surface area (Å²) in [5.74, 6) is 0.375. The van der Waals surface area contributed by atoms with Crippen LogP contribution in [0.1, 0.15) is 5.56 Å². The van der Waals surface area contributed by atoms with Crippen molar-refractivity contribution in [2.75, 3.05) is 21.2 Å². The maximum absolute atomic E-state index is 12.3. The Bertz CT molecular complexity index is 1020. The third-order valence-corrected chi connectivity index (χ3v) is 4.16. The molecular formula is C21H19N3O2. The van der Waals surface area contributed by atoms with Crippen molar-refractivity contribution in [3.63, 3.8) is 0 Å². The van der Waals surface area contributed by atoms with Crippen molar-refractivity contribution in [2.45, 2.75) is 0 Å². The number of hydrogen-bond acceptors (Lipinski definition) is 3. The van der Waals surface area contributed by atoms with E-state index in [1.807, 2.05) is 54.6 Å². The summed E-state index contributed by atoms with van der Waals surface area (Å²) in [7, 11) is 4.87. The maximum atomic E-state index is 12.3. The number of nitrogens with zero attached hydrogens (tertiary/aromatic N) is 2. The number of aromatic amines is 1. The van der Waals surface area contributed by atoms with Gasteiger partial charge in [-0.15, -0.1) is 0 Å². The molecule has 0 unspecified atom stereocenters. The number of para-hydroxylation sites is 1. The second-order valence-corrected chi connectivity index (χ2v) is 6.03. The van der Waals surface area contributed by atoms with Gasteiger partial charge in [0.1, 0.15) is 17.4 Å². The number of methoxy groups -OCH3 is 1. The minimum absolute atomic E-state index is 0.0795. The quantitative estimate of drug-likeness (QED) is 0.577.